The average molecular weight is 354 g/mol. The Labute approximate surface area is 149 Å². The molecular weight excluding hydrogens is 336 g/mol. The molecule has 0 unspecified atom stereocenters. The van der Waals surface area contributed by atoms with Crippen molar-refractivity contribution in [2.75, 3.05) is 16.0 Å². The van der Waals surface area contributed by atoms with E-state index in [2.05, 4.69) is 20.9 Å². The lowest BCUT2D eigenvalue weighted by Crippen LogP contribution is -2.19. The van der Waals surface area contributed by atoms with Crippen LogP contribution in [0.5, 0.6) is 0 Å². The van der Waals surface area contributed by atoms with Crippen molar-refractivity contribution in [3.05, 3.63) is 47.5 Å². The van der Waals surface area contributed by atoms with E-state index in [1.54, 1.807) is 12.1 Å². The Morgan fingerprint density at radius 3 is 2.28 bits per heavy atom. The number of urea groups is 1. The Hall–Kier alpha value is -2.93. The first kappa shape index (κ1) is 16.9. The second-order valence-electron chi connectivity index (χ2n) is 5.84. The molecule has 0 atom stereocenters. The lowest BCUT2D eigenvalue weighted by atomic mass is 10.1. The van der Waals surface area contributed by atoms with Gasteiger partial charge in [-0.05, 0) is 55.3 Å². The maximum Gasteiger partial charge on any atom is 0.323 e. The van der Waals surface area contributed by atoms with Crippen molar-refractivity contribution >= 4 is 50.0 Å². The Bertz CT molecular complexity index is 945. The molecular formula is C18H18N4O2S. The maximum absolute atomic E-state index is 12.2. The fourth-order valence-electron chi connectivity index (χ4n) is 2.55. The summed E-state index contributed by atoms with van der Waals surface area (Å²) in [6.07, 6.45) is 0. The summed E-state index contributed by atoms with van der Waals surface area (Å²) in [7, 11) is 0. The monoisotopic (exact) mass is 354 g/mol. The number of nitrogens with one attached hydrogen (secondary N) is 3. The van der Waals surface area contributed by atoms with Crippen LogP contribution in [-0.2, 0) is 4.79 Å². The van der Waals surface area contributed by atoms with Crippen LogP contribution in [0.25, 0.3) is 10.2 Å². The van der Waals surface area contributed by atoms with E-state index >= 15 is 0 Å². The van der Waals surface area contributed by atoms with E-state index in [0.717, 1.165) is 27.0 Å². The SMILES string of the molecule is CC(=O)Nc1nc2cc(NC(=O)Nc3cc(C)cc(C)c3)ccc2s1. The first-order valence-electron chi connectivity index (χ1n) is 7.73. The van der Waals surface area contributed by atoms with Gasteiger partial charge in [0.15, 0.2) is 5.13 Å². The van der Waals surface area contributed by atoms with E-state index in [-0.39, 0.29) is 11.9 Å². The Morgan fingerprint density at radius 2 is 1.60 bits per heavy atom. The van der Waals surface area contributed by atoms with Gasteiger partial charge in [-0.3, -0.25) is 4.79 Å². The zero-order chi connectivity index (χ0) is 18.0. The molecule has 0 aliphatic rings. The van der Waals surface area contributed by atoms with Crippen molar-refractivity contribution in [2.45, 2.75) is 20.8 Å². The fourth-order valence-corrected chi connectivity index (χ4v) is 3.44. The molecule has 3 rings (SSSR count). The molecule has 128 valence electrons. The van der Waals surface area contributed by atoms with Gasteiger partial charge in [-0.2, -0.15) is 0 Å². The molecule has 3 amide bonds. The molecule has 25 heavy (non-hydrogen) atoms. The number of aromatic nitrogens is 1. The van der Waals surface area contributed by atoms with Crippen LogP contribution >= 0.6 is 11.3 Å². The Balaban J connectivity index is 1.73. The van der Waals surface area contributed by atoms with Gasteiger partial charge in [-0.15, -0.1) is 0 Å². The summed E-state index contributed by atoms with van der Waals surface area (Å²) in [4.78, 5) is 27.7. The lowest BCUT2D eigenvalue weighted by molar-refractivity contribution is -0.114. The highest BCUT2D eigenvalue weighted by atomic mass is 32.1. The van der Waals surface area contributed by atoms with Gasteiger partial charge >= 0.3 is 6.03 Å². The standard InChI is InChI=1S/C18H18N4O2S/c1-10-6-11(2)8-14(7-10)21-17(24)20-13-4-5-16-15(9-13)22-18(25-16)19-12(3)23/h4-9H,1-3H3,(H,19,22,23)(H2,20,21,24). The molecule has 3 aromatic rings. The topological polar surface area (TPSA) is 83.1 Å². The van der Waals surface area contributed by atoms with Gasteiger partial charge in [-0.1, -0.05) is 17.4 Å². The molecule has 6 nitrogen and oxygen atoms in total. The van der Waals surface area contributed by atoms with E-state index < -0.39 is 0 Å². The molecule has 0 aliphatic heterocycles. The fraction of sp³-hybridized carbons (Fsp3) is 0.167. The maximum atomic E-state index is 12.2. The molecule has 0 saturated carbocycles. The van der Waals surface area contributed by atoms with Gasteiger partial charge in [-0.25, -0.2) is 9.78 Å². The zero-order valence-corrected chi connectivity index (χ0v) is 15.0. The van der Waals surface area contributed by atoms with Gasteiger partial charge in [0.1, 0.15) is 0 Å². The minimum absolute atomic E-state index is 0.162. The van der Waals surface area contributed by atoms with Crippen molar-refractivity contribution in [2.24, 2.45) is 0 Å². The predicted octanol–water partition coefficient (Wildman–Crippen LogP) is 4.52. The number of nitrogens with zero attached hydrogens (tertiary/aromatic N) is 1. The van der Waals surface area contributed by atoms with Crippen molar-refractivity contribution in [3.63, 3.8) is 0 Å². The predicted molar refractivity (Wildman–Crippen MR) is 102 cm³/mol. The quantitative estimate of drug-likeness (QED) is 0.647. The normalized spacial score (nSPS) is 10.5. The molecule has 2 aromatic carbocycles. The van der Waals surface area contributed by atoms with Crippen LogP contribution in [0, 0.1) is 13.8 Å². The number of carbonyl (C=O) groups is 2. The number of aryl methyl sites for hydroxylation is 2. The molecule has 7 heteroatoms. The summed E-state index contributed by atoms with van der Waals surface area (Å²) >= 11 is 1.39. The number of hydrogen-bond donors (Lipinski definition) is 3. The summed E-state index contributed by atoms with van der Waals surface area (Å²) in [6.45, 7) is 5.41. The zero-order valence-electron chi connectivity index (χ0n) is 14.1. The summed E-state index contributed by atoms with van der Waals surface area (Å²) in [6, 6.07) is 11.0. The van der Waals surface area contributed by atoms with Crippen LogP contribution in [0.4, 0.5) is 21.3 Å². The second kappa shape index (κ2) is 6.90. The molecule has 0 fully saturated rings. The van der Waals surface area contributed by atoms with Gasteiger partial charge in [0, 0.05) is 18.3 Å². The third-order valence-electron chi connectivity index (χ3n) is 3.41. The number of fused-ring (bicyclic) bond motifs is 1. The third kappa shape index (κ3) is 4.33. The summed E-state index contributed by atoms with van der Waals surface area (Å²) in [5.74, 6) is -0.162. The lowest BCUT2D eigenvalue weighted by Gasteiger charge is -2.09. The minimum atomic E-state index is -0.318. The smallest absolute Gasteiger partial charge is 0.308 e. The molecule has 0 spiro atoms. The number of rotatable bonds is 3. The number of amides is 3. The first-order valence-corrected chi connectivity index (χ1v) is 8.55. The van der Waals surface area contributed by atoms with Gasteiger partial charge < -0.3 is 16.0 Å². The van der Waals surface area contributed by atoms with Gasteiger partial charge in [0.25, 0.3) is 0 Å². The van der Waals surface area contributed by atoms with Crippen molar-refractivity contribution in [1.29, 1.82) is 0 Å². The molecule has 1 aromatic heterocycles. The number of hydrogen-bond acceptors (Lipinski definition) is 4. The number of thiazole rings is 1. The van der Waals surface area contributed by atoms with Crippen LogP contribution in [0.2, 0.25) is 0 Å². The Morgan fingerprint density at radius 1 is 0.920 bits per heavy atom. The van der Waals surface area contributed by atoms with E-state index in [4.69, 9.17) is 0 Å². The largest absolute Gasteiger partial charge is 0.323 e. The molecule has 1 heterocycles. The van der Waals surface area contributed by atoms with Crippen molar-refractivity contribution in [1.82, 2.24) is 4.98 Å². The van der Waals surface area contributed by atoms with Crippen molar-refractivity contribution in [3.8, 4) is 0 Å². The molecule has 3 N–H and O–H groups in total. The van der Waals surface area contributed by atoms with E-state index in [9.17, 15) is 9.59 Å². The highest BCUT2D eigenvalue weighted by molar-refractivity contribution is 7.22. The van der Waals surface area contributed by atoms with Crippen LogP contribution < -0.4 is 16.0 Å². The Kier molecular flexibility index (Phi) is 4.67. The highest BCUT2D eigenvalue weighted by Gasteiger charge is 2.08. The third-order valence-corrected chi connectivity index (χ3v) is 4.36. The molecule has 0 saturated heterocycles. The number of carbonyl (C=O) groups excluding carboxylic acids is 2. The van der Waals surface area contributed by atoms with E-state index in [0.29, 0.717) is 10.8 Å². The minimum Gasteiger partial charge on any atom is -0.308 e. The second-order valence-corrected chi connectivity index (χ2v) is 6.87. The summed E-state index contributed by atoms with van der Waals surface area (Å²) in [5.41, 5.74) is 4.28. The van der Waals surface area contributed by atoms with Gasteiger partial charge in [0.05, 0.1) is 10.2 Å². The molecule has 0 aliphatic carbocycles. The first-order chi connectivity index (χ1) is 11.9. The highest BCUT2D eigenvalue weighted by Crippen LogP contribution is 2.28. The molecule has 0 radical (unpaired) electrons. The summed E-state index contributed by atoms with van der Waals surface area (Å²) in [5, 5.41) is 8.83. The van der Waals surface area contributed by atoms with E-state index in [1.165, 1.54) is 18.3 Å². The van der Waals surface area contributed by atoms with E-state index in [1.807, 2.05) is 38.1 Å². The number of anilines is 3. The summed E-state index contributed by atoms with van der Waals surface area (Å²) < 4.78 is 0.934. The van der Waals surface area contributed by atoms with Gasteiger partial charge in [0.2, 0.25) is 5.91 Å². The van der Waals surface area contributed by atoms with Crippen LogP contribution in [-0.4, -0.2) is 16.9 Å². The molecule has 0 bridgehead atoms. The van der Waals surface area contributed by atoms with Crippen LogP contribution in [0.1, 0.15) is 18.1 Å². The average Bonchev–Trinajstić information content (AvgIpc) is 2.86. The van der Waals surface area contributed by atoms with Crippen LogP contribution in [0.3, 0.4) is 0 Å². The van der Waals surface area contributed by atoms with Crippen LogP contribution in [0.15, 0.2) is 36.4 Å². The number of benzene rings is 2. The van der Waals surface area contributed by atoms with Crippen molar-refractivity contribution < 1.29 is 9.59 Å².